The Morgan fingerprint density at radius 2 is 1.40 bits per heavy atom. The zero-order valence-electron chi connectivity index (χ0n) is 16.3. The molecule has 0 radical (unpaired) electrons. The molecular formula is C22H19ClN2O4S. The molecule has 2 amide bonds. The SMILES string of the molecule is COc1cc(NC(=O)C(=O)Nc2ccccc2Sc2ccccc2)c(OC)cc1Cl. The largest absolute Gasteiger partial charge is 0.495 e. The van der Waals surface area contributed by atoms with Crippen LogP contribution in [0.5, 0.6) is 11.5 Å². The fourth-order valence-electron chi connectivity index (χ4n) is 2.59. The molecular weight excluding hydrogens is 424 g/mol. The minimum atomic E-state index is -0.850. The Bertz CT molecular complexity index is 1060. The zero-order valence-corrected chi connectivity index (χ0v) is 17.8. The molecule has 0 heterocycles. The third-order valence-corrected chi connectivity index (χ3v) is 5.41. The average Bonchev–Trinajstić information content (AvgIpc) is 2.76. The molecule has 0 aliphatic rings. The van der Waals surface area contributed by atoms with E-state index < -0.39 is 11.8 Å². The van der Waals surface area contributed by atoms with Crippen molar-refractivity contribution in [1.82, 2.24) is 0 Å². The van der Waals surface area contributed by atoms with Gasteiger partial charge in [-0.05, 0) is 24.3 Å². The monoisotopic (exact) mass is 442 g/mol. The number of hydrogen-bond acceptors (Lipinski definition) is 5. The first kappa shape index (κ1) is 21.5. The maximum atomic E-state index is 12.5. The van der Waals surface area contributed by atoms with Gasteiger partial charge in [-0.25, -0.2) is 0 Å². The van der Waals surface area contributed by atoms with Crippen LogP contribution in [0.25, 0.3) is 0 Å². The van der Waals surface area contributed by atoms with E-state index in [4.69, 9.17) is 21.1 Å². The second-order valence-electron chi connectivity index (χ2n) is 6.01. The Balaban J connectivity index is 1.75. The lowest BCUT2D eigenvalue weighted by Crippen LogP contribution is -2.29. The van der Waals surface area contributed by atoms with E-state index in [1.807, 2.05) is 42.5 Å². The van der Waals surface area contributed by atoms with Crippen molar-refractivity contribution in [1.29, 1.82) is 0 Å². The van der Waals surface area contributed by atoms with Crippen LogP contribution in [0, 0.1) is 0 Å². The average molecular weight is 443 g/mol. The first-order chi connectivity index (χ1) is 14.5. The second kappa shape index (κ2) is 10.0. The summed E-state index contributed by atoms with van der Waals surface area (Å²) in [4.78, 5) is 26.8. The predicted molar refractivity (Wildman–Crippen MR) is 119 cm³/mol. The highest BCUT2D eigenvalue weighted by molar-refractivity contribution is 7.99. The number of nitrogens with one attached hydrogen (secondary N) is 2. The minimum Gasteiger partial charge on any atom is -0.495 e. The van der Waals surface area contributed by atoms with E-state index in [1.54, 1.807) is 12.1 Å². The summed E-state index contributed by atoms with van der Waals surface area (Å²) in [5, 5.41) is 5.51. The number of benzene rings is 3. The fourth-order valence-corrected chi connectivity index (χ4v) is 3.74. The molecule has 0 aliphatic carbocycles. The molecule has 0 aromatic heterocycles. The van der Waals surface area contributed by atoms with Crippen LogP contribution in [-0.2, 0) is 9.59 Å². The number of carbonyl (C=O) groups excluding carboxylic acids is 2. The van der Waals surface area contributed by atoms with E-state index in [1.165, 1.54) is 38.1 Å². The zero-order chi connectivity index (χ0) is 21.5. The van der Waals surface area contributed by atoms with E-state index in [9.17, 15) is 9.59 Å². The van der Waals surface area contributed by atoms with Gasteiger partial charge in [0.15, 0.2) is 0 Å². The lowest BCUT2D eigenvalue weighted by molar-refractivity contribution is -0.133. The number of amides is 2. The van der Waals surface area contributed by atoms with Crippen molar-refractivity contribution >= 4 is 46.6 Å². The Labute approximate surface area is 183 Å². The standard InChI is InChI=1S/C22H19ClN2O4S/c1-28-18-13-17(19(29-2)12-15(18)23)25-22(27)21(26)24-16-10-6-7-11-20(16)30-14-8-4-3-5-9-14/h3-13H,1-2H3,(H,24,26)(H,25,27). The maximum absolute atomic E-state index is 12.5. The Morgan fingerprint density at radius 3 is 2.07 bits per heavy atom. The normalized spacial score (nSPS) is 10.2. The molecule has 2 N–H and O–H groups in total. The Morgan fingerprint density at radius 1 is 0.800 bits per heavy atom. The van der Waals surface area contributed by atoms with Crippen LogP contribution in [0.4, 0.5) is 11.4 Å². The molecule has 30 heavy (non-hydrogen) atoms. The molecule has 0 bridgehead atoms. The van der Waals surface area contributed by atoms with Gasteiger partial charge < -0.3 is 20.1 Å². The van der Waals surface area contributed by atoms with Crippen LogP contribution in [0.1, 0.15) is 0 Å². The van der Waals surface area contributed by atoms with Crippen molar-refractivity contribution in [2.75, 3.05) is 24.9 Å². The van der Waals surface area contributed by atoms with E-state index in [0.29, 0.717) is 22.2 Å². The summed E-state index contributed by atoms with van der Waals surface area (Å²) in [5.41, 5.74) is 0.804. The molecule has 0 spiro atoms. The number of hydrogen-bond donors (Lipinski definition) is 2. The lowest BCUT2D eigenvalue weighted by Gasteiger charge is -2.14. The molecule has 3 aromatic carbocycles. The van der Waals surface area contributed by atoms with Gasteiger partial charge in [0.25, 0.3) is 0 Å². The van der Waals surface area contributed by atoms with Gasteiger partial charge in [-0.15, -0.1) is 0 Å². The van der Waals surface area contributed by atoms with E-state index in [2.05, 4.69) is 10.6 Å². The number of para-hydroxylation sites is 1. The van der Waals surface area contributed by atoms with Crippen molar-refractivity contribution in [2.24, 2.45) is 0 Å². The molecule has 0 saturated carbocycles. The number of methoxy groups -OCH3 is 2. The first-order valence-corrected chi connectivity index (χ1v) is 10.1. The number of ether oxygens (including phenoxy) is 2. The molecule has 0 atom stereocenters. The van der Waals surface area contributed by atoms with Crippen molar-refractivity contribution in [2.45, 2.75) is 9.79 Å². The topological polar surface area (TPSA) is 76.7 Å². The van der Waals surface area contributed by atoms with Gasteiger partial charge >= 0.3 is 11.8 Å². The fraction of sp³-hybridized carbons (Fsp3) is 0.0909. The number of halogens is 1. The molecule has 0 unspecified atom stereocenters. The quantitative estimate of drug-likeness (QED) is 0.520. The van der Waals surface area contributed by atoms with Crippen LogP contribution in [0.2, 0.25) is 5.02 Å². The highest BCUT2D eigenvalue weighted by Gasteiger charge is 2.19. The van der Waals surface area contributed by atoms with Crippen molar-refractivity contribution in [3.05, 3.63) is 71.8 Å². The molecule has 154 valence electrons. The van der Waals surface area contributed by atoms with Gasteiger partial charge in [-0.2, -0.15) is 0 Å². The van der Waals surface area contributed by atoms with Crippen LogP contribution >= 0.6 is 23.4 Å². The third-order valence-electron chi connectivity index (χ3n) is 4.03. The molecule has 0 aliphatic heterocycles. The maximum Gasteiger partial charge on any atom is 0.314 e. The summed E-state index contributed by atoms with van der Waals surface area (Å²) in [7, 11) is 2.89. The van der Waals surface area contributed by atoms with Crippen molar-refractivity contribution < 1.29 is 19.1 Å². The van der Waals surface area contributed by atoms with E-state index >= 15 is 0 Å². The van der Waals surface area contributed by atoms with Gasteiger partial charge in [-0.3, -0.25) is 9.59 Å². The smallest absolute Gasteiger partial charge is 0.314 e. The summed E-state index contributed by atoms with van der Waals surface area (Å²) in [6.45, 7) is 0. The van der Waals surface area contributed by atoms with E-state index in [0.717, 1.165) is 9.79 Å². The van der Waals surface area contributed by atoms with Gasteiger partial charge in [-0.1, -0.05) is 53.7 Å². The van der Waals surface area contributed by atoms with Crippen LogP contribution in [0.15, 0.2) is 76.5 Å². The molecule has 3 rings (SSSR count). The summed E-state index contributed by atoms with van der Waals surface area (Å²) in [6.07, 6.45) is 0. The molecule has 0 fully saturated rings. The van der Waals surface area contributed by atoms with Gasteiger partial charge in [0.1, 0.15) is 11.5 Å². The summed E-state index contributed by atoms with van der Waals surface area (Å²) in [6, 6.07) is 20.0. The number of rotatable bonds is 6. The van der Waals surface area contributed by atoms with E-state index in [-0.39, 0.29) is 5.69 Å². The number of anilines is 2. The van der Waals surface area contributed by atoms with Gasteiger partial charge in [0.2, 0.25) is 0 Å². The van der Waals surface area contributed by atoms with Crippen LogP contribution < -0.4 is 20.1 Å². The second-order valence-corrected chi connectivity index (χ2v) is 7.53. The molecule has 8 heteroatoms. The number of carbonyl (C=O) groups is 2. The highest BCUT2D eigenvalue weighted by atomic mass is 35.5. The van der Waals surface area contributed by atoms with Gasteiger partial charge in [0, 0.05) is 21.9 Å². The first-order valence-electron chi connectivity index (χ1n) is 8.87. The minimum absolute atomic E-state index is 0.269. The summed E-state index contributed by atoms with van der Waals surface area (Å²) in [5.74, 6) is -1.01. The molecule has 3 aromatic rings. The Kier molecular flexibility index (Phi) is 7.21. The molecule has 0 saturated heterocycles. The Hall–Kier alpha value is -3.16. The van der Waals surface area contributed by atoms with Crippen molar-refractivity contribution in [3.63, 3.8) is 0 Å². The summed E-state index contributed by atoms with van der Waals surface area (Å²) >= 11 is 7.56. The third kappa shape index (κ3) is 5.25. The predicted octanol–water partition coefficient (Wildman–Crippen LogP) is 5.09. The molecule has 6 nitrogen and oxygen atoms in total. The van der Waals surface area contributed by atoms with Gasteiger partial charge in [0.05, 0.1) is 30.6 Å². The van der Waals surface area contributed by atoms with Crippen LogP contribution in [0.3, 0.4) is 0 Å². The van der Waals surface area contributed by atoms with Crippen LogP contribution in [-0.4, -0.2) is 26.0 Å². The summed E-state index contributed by atoms with van der Waals surface area (Å²) < 4.78 is 10.4. The van der Waals surface area contributed by atoms with Crippen molar-refractivity contribution in [3.8, 4) is 11.5 Å². The highest BCUT2D eigenvalue weighted by Crippen LogP contribution is 2.36. The lowest BCUT2D eigenvalue weighted by atomic mass is 10.2.